The predicted octanol–water partition coefficient (Wildman–Crippen LogP) is 0.293. The highest BCUT2D eigenvalue weighted by atomic mass is 32.2. The van der Waals surface area contributed by atoms with Crippen molar-refractivity contribution in [1.82, 2.24) is 9.55 Å². The van der Waals surface area contributed by atoms with Gasteiger partial charge in [-0.15, -0.1) is 11.8 Å². The predicted molar refractivity (Wildman–Crippen MR) is 68.9 cm³/mol. The molecule has 0 aliphatic carbocycles. The van der Waals surface area contributed by atoms with Crippen LogP contribution in [-0.2, 0) is 13.6 Å². The lowest BCUT2D eigenvalue weighted by molar-refractivity contribution is 0.0131. The van der Waals surface area contributed by atoms with Crippen molar-refractivity contribution in [2.45, 2.75) is 22.9 Å². The largest absolute Gasteiger partial charge is 0.472 e. The molecule has 3 N–H and O–H groups in total. The van der Waals surface area contributed by atoms with E-state index in [1.54, 1.807) is 0 Å². The van der Waals surface area contributed by atoms with E-state index in [9.17, 15) is 18.6 Å². The fourth-order valence-corrected chi connectivity index (χ4v) is 4.78. The van der Waals surface area contributed by atoms with Crippen LogP contribution < -0.4 is 11.4 Å². The summed E-state index contributed by atoms with van der Waals surface area (Å²) < 4.78 is 36.2. The Morgan fingerprint density at radius 3 is 3.10 bits per heavy atom. The molecule has 20 heavy (non-hydrogen) atoms. The summed E-state index contributed by atoms with van der Waals surface area (Å²) in [4.78, 5) is 24.5. The van der Waals surface area contributed by atoms with Crippen molar-refractivity contribution < 1.29 is 22.9 Å². The minimum atomic E-state index is -4.21. The zero-order valence-electron chi connectivity index (χ0n) is 9.96. The van der Waals surface area contributed by atoms with Crippen molar-refractivity contribution in [2.75, 3.05) is 12.3 Å². The monoisotopic (exact) mass is 323 g/mol. The Morgan fingerprint density at radius 2 is 2.40 bits per heavy atom. The van der Waals surface area contributed by atoms with Gasteiger partial charge >= 0.3 is 13.5 Å². The number of phosphoric acid groups is 1. The zero-order valence-corrected chi connectivity index (χ0v) is 11.7. The molecule has 2 unspecified atom stereocenters. The van der Waals surface area contributed by atoms with Crippen LogP contribution in [0.1, 0.15) is 5.37 Å². The topological polar surface area (TPSA) is 117 Å². The number of aromatic nitrogens is 2. The summed E-state index contributed by atoms with van der Waals surface area (Å²) in [5, 5.41) is -1.36. The number of nitrogen functional groups attached to an aromatic ring is 1. The summed E-state index contributed by atoms with van der Waals surface area (Å²) >= 11 is 1.10. The van der Waals surface area contributed by atoms with E-state index in [1.165, 1.54) is 12.3 Å². The average Bonchev–Trinajstić information content (AvgIpc) is 2.66. The van der Waals surface area contributed by atoms with Crippen LogP contribution in [0.15, 0.2) is 17.1 Å². The Bertz CT molecular complexity index is 642. The minimum absolute atomic E-state index is 0.0431. The Morgan fingerprint density at radius 1 is 1.65 bits per heavy atom. The first-order chi connectivity index (χ1) is 9.37. The fourth-order valence-electron chi connectivity index (χ4n) is 2.15. The van der Waals surface area contributed by atoms with E-state index >= 15 is 0 Å². The normalized spacial score (nSPS) is 40.5. The Kier molecular flexibility index (Phi) is 3.38. The van der Waals surface area contributed by atoms with Crippen molar-refractivity contribution in [1.29, 1.82) is 0 Å². The van der Waals surface area contributed by atoms with Crippen LogP contribution in [0.25, 0.3) is 0 Å². The van der Waals surface area contributed by atoms with Crippen LogP contribution in [0.3, 0.4) is 0 Å². The molecule has 0 spiro atoms. The number of rotatable bonds is 1. The third-order valence-corrected chi connectivity index (χ3v) is 5.55. The number of hydrogen-bond acceptors (Lipinski definition) is 7. The highest BCUT2D eigenvalue weighted by Crippen LogP contribution is 2.57. The van der Waals surface area contributed by atoms with E-state index in [0.717, 1.165) is 16.3 Å². The Hall–Kier alpha value is -0.930. The summed E-state index contributed by atoms with van der Waals surface area (Å²) in [7, 11) is -4.21. The molecular weight excluding hydrogens is 312 g/mol. The lowest BCUT2D eigenvalue weighted by atomic mass is 10.1. The molecule has 0 saturated carbocycles. The number of fused-ring (bicyclic) bond motifs is 1. The molecular formula is C9H11FN3O5PS. The molecule has 2 saturated heterocycles. The van der Waals surface area contributed by atoms with Crippen LogP contribution >= 0.6 is 19.6 Å². The molecule has 0 aromatic carbocycles. The summed E-state index contributed by atoms with van der Waals surface area (Å²) in [6, 6.07) is 1.38. The quantitative estimate of drug-likeness (QED) is 0.709. The first kappa shape index (κ1) is 14.0. The minimum Gasteiger partial charge on any atom is -0.383 e. The van der Waals surface area contributed by atoms with Crippen molar-refractivity contribution >= 4 is 25.4 Å². The van der Waals surface area contributed by atoms with Gasteiger partial charge in [-0.05, 0) is 6.07 Å². The molecule has 2 aliphatic rings. The molecule has 110 valence electrons. The molecule has 0 amide bonds. The smallest absolute Gasteiger partial charge is 0.383 e. The molecule has 1 aromatic heterocycles. The lowest BCUT2D eigenvalue weighted by Crippen LogP contribution is -2.37. The Balaban J connectivity index is 1.90. The third kappa shape index (κ3) is 2.38. The maximum absolute atomic E-state index is 14.4. The van der Waals surface area contributed by atoms with E-state index in [2.05, 4.69) is 9.51 Å². The summed E-state index contributed by atoms with van der Waals surface area (Å²) in [6.07, 6.45) is -1.39. The summed E-state index contributed by atoms with van der Waals surface area (Å²) in [5.74, 6) is 0.0431. The molecule has 2 aliphatic heterocycles. The molecule has 3 rings (SSSR count). The van der Waals surface area contributed by atoms with E-state index in [1.807, 2.05) is 0 Å². The standard InChI is InChI=1S/C9H11FN3O5PS/c10-6-7-4(3-17-19(15,16)18-7)20-8(6)13-2-1-5(11)12-9(13)14/h1-2,4,6-8H,3H2,(H,15,16)(H2,11,12,14)/t4-,6?,7-,8-/m1/s1. The molecule has 2 fully saturated rings. The van der Waals surface area contributed by atoms with Gasteiger partial charge in [0.25, 0.3) is 0 Å². The number of nitrogens with two attached hydrogens (primary N) is 1. The van der Waals surface area contributed by atoms with Gasteiger partial charge in [-0.3, -0.25) is 13.6 Å². The van der Waals surface area contributed by atoms with Gasteiger partial charge in [0.1, 0.15) is 17.3 Å². The molecule has 1 aromatic rings. The molecule has 0 radical (unpaired) electrons. The number of hydrogen-bond donors (Lipinski definition) is 2. The molecule has 0 bridgehead atoms. The van der Waals surface area contributed by atoms with Gasteiger partial charge in [-0.25, -0.2) is 13.8 Å². The van der Waals surface area contributed by atoms with E-state index in [0.29, 0.717) is 0 Å². The SMILES string of the molecule is Nc1ccn([C@@H]2S[C@@H]3COP(=O)(O)O[C@H]3C2F)c(=O)n1. The van der Waals surface area contributed by atoms with Crippen LogP contribution in [0, 0.1) is 0 Å². The first-order valence-electron chi connectivity index (χ1n) is 5.67. The maximum atomic E-state index is 14.4. The molecule has 5 atom stereocenters. The second-order valence-electron chi connectivity index (χ2n) is 4.39. The molecule has 8 nitrogen and oxygen atoms in total. The summed E-state index contributed by atoms with van der Waals surface area (Å²) in [6.45, 7) is -0.114. The highest BCUT2D eigenvalue weighted by molar-refractivity contribution is 8.00. The van der Waals surface area contributed by atoms with Crippen molar-refractivity contribution in [3.63, 3.8) is 0 Å². The van der Waals surface area contributed by atoms with Crippen LogP contribution in [-0.4, -0.2) is 38.6 Å². The number of anilines is 1. The molecule has 11 heteroatoms. The van der Waals surface area contributed by atoms with Crippen molar-refractivity contribution in [3.8, 4) is 0 Å². The molecule has 3 heterocycles. The van der Waals surface area contributed by atoms with Crippen molar-refractivity contribution in [2.24, 2.45) is 0 Å². The third-order valence-electron chi connectivity index (χ3n) is 3.05. The zero-order chi connectivity index (χ0) is 14.5. The van der Waals surface area contributed by atoms with Gasteiger partial charge in [0.2, 0.25) is 0 Å². The van der Waals surface area contributed by atoms with Crippen LogP contribution in [0.2, 0.25) is 0 Å². The van der Waals surface area contributed by atoms with Crippen molar-refractivity contribution in [3.05, 3.63) is 22.7 Å². The summed E-state index contributed by atoms with van der Waals surface area (Å²) in [5.41, 5.74) is 4.69. The van der Waals surface area contributed by atoms with E-state index in [4.69, 9.17) is 10.3 Å². The van der Waals surface area contributed by atoms with Gasteiger partial charge in [0.15, 0.2) is 6.17 Å². The van der Waals surface area contributed by atoms with Crippen LogP contribution in [0.5, 0.6) is 0 Å². The number of thioether (sulfide) groups is 1. The highest BCUT2D eigenvalue weighted by Gasteiger charge is 2.53. The second kappa shape index (κ2) is 4.81. The van der Waals surface area contributed by atoms with Crippen LogP contribution in [0.4, 0.5) is 10.2 Å². The Labute approximate surface area is 116 Å². The first-order valence-corrected chi connectivity index (χ1v) is 8.11. The van der Waals surface area contributed by atoms with Gasteiger partial charge < -0.3 is 10.6 Å². The fraction of sp³-hybridized carbons (Fsp3) is 0.556. The van der Waals surface area contributed by atoms with Gasteiger partial charge in [-0.1, -0.05) is 0 Å². The van der Waals surface area contributed by atoms with E-state index < -0.39 is 36.4 Å². The van der Waals surface area contributed by atoms with E-state index in [-0.39, 0.29) is 12.4 Å². The van der Waals surface area contributed by atoms with Gasteiger partial charge in [-0.2, -0.15) is 4.98 Å². The number of halogens is 1. The number of alkyl halides is 1. The second-order valence-corrected chi connectivity index (χ2v) is 7.15. The van der Waals surface area contributed by atoms with Gasteiger partial charge in [0, 0.05) is 6.20 Å². The van der Waals surface area contributed by atoms with Gasteiger partial charge in [0.05, 0.1) is 11.9 Å². The maximum Gasteiger partial charge on any atom is 0.472 e. The average molecular weight is 323 g/mol. The lowest BCUT2D eigenvalue weighted by Gasteiger charge is -2.28. The number of phosphoric ester groups is 1. The number of nitrogens with zero attached hydrogens (tertiary/aromatic N) is 2.